The zero-order valence-corrected chi connectivity index (χ0v) is 13.2. The normalized spacial score (nSPS) is 12.2. The Labute approximate surface area is 123 Å². The summed E-state index contributed by atoms with van der Waals surface area (Å²) < 4.78 is 0. The van der Waals surface area contributed by atoms with Crippen LogP contribution in [-0.2, 0) is 6.42 Å². The molecule has 0 heterocycles. The molecule has 0 aliphatic rings. The second kappa shape index (κ2) is 6.13. The molecule has 2 aromatic rings. The number of nitrogens with one attached hydrogen (secondary N) is 1. The average molecular weight is 267 g/mol. The highest BCUT2D eigenvalue weighted by Crippen LogP contribution is 2.27. The fourth-order valence-electron chi connectivity index (χ4n) is 2.79. The van der Waals surface area contributed by atoms with Gasteiger partial charge in [-0.25, -0.2) is 0 Å². The number of rotatable bonds is 4. The fourth-order valence-corrected chi connectivity index (χ4v) is 2.79. The molecule has 106 valence electrons. The maximum Gasteiger partial charge on any atom is 0.0486 e. The third kappa shape index (κ3) is 3.22. The van der Waals surface area contributed by atoms with Gasteiger partial charge in [-0.2, -0.15) is 0 Å². The Balaban J connectivity index is 2.30. The van der Waals surface area contributed by atoms with E-state index in [2.05, 4.69) is 76.3 Å². The van der Waals surface area contributed by atoms with Crippen LogP contribution in [0.3, 0.4) is 0 Å². The molecule has 2 rings (SSSR count). The lowest BCUT2D eigenvalue weighted by Crippen LogP contribution is -2.10. The molecule has 0 aliphatic carbocycles. The Kier molecular flexibility index (Phi) is 4.49. The molecule has 0 amide bonds. The SMILES string of the molecule is CCc1cccc(C)c1NC(C)c1cc(C)cc(C)c1. The van der Waals surface area contributed by atoms with Crippen LogP contribution in [0.1, 0.15) is 47.7 Å². The molecule has 0 aliphatic heterocycles. The summed E-state index contributed by atoms with van der Waals surface area (Å²) in [7, 11) is 0. The summed E-state index contributed by atoms with van der Waals surface area (Å²) in [5, 5.41) is 3.70. The fraction of sp³-hybridized carbons (Fsp3) is 0.368. The van der Waals surface area contributed by atoms with Crippen molar-refractivity contribution in [3.05, 3.63) is 64.2 Å². The van der Waals surface area contributed by atoms with Crippen molar-refractivity contribution in [2.24, 2.45) is 0 Å². The first-order valence-corrected chi connectivity index (χ1v) is 7.44. The van der Waals surface area contributed by atoms with Gasteiger partial charge in [-0.15, -0.1) is 0 Å². The molecule has 1 atom stereocenters. The van der Waals surface area contributed by atoms with Gasteiger partial charge in [-0.1, -0.05) is 54.4 Å². The first-order chi connectivity index (χ1) is 9.51. The Morgan fingerprint density at radius 1 is 1.00 bits per heavy atom. The van der Waals surface area contributed by atoms with E-state index < -0.39 is 0 Å². The molecule has 0 saturated heterocycles. The van der Waals surface area contributed by atoms with Gasteiger partial charge >= 0.3 is 0 Å². The van der Waals surface area contributed by atoms with E-state index in [0.717, 1.165) is 6.42 Å². The molecular formula is C19H25N. The molecule has 1 unspecified atom stereocenters. The second-order valence-corrected chi connectivity index (χ2v) is 5.75. The van der Waals surface area contributed by atoms with Crippen molar-refractivity contribution in [3.63, 3.8) is 0 Å². The van der Waals surface area contributed by atoms with Crippen molar-refractivity contribution < 1.29 is 0 Å². The van der Waals surface area contributed by atoms with Crippen LogP contribution in [0.4, 0.5) is 5.69 Å². The third-order valence-electron chi connectivity index (χ3n) is 3.84. The van der Waals surface area contributed by atoms with Crippen molar-refractivity contribution in [2.45, 2.75) is 47.1 Å². The molecule has 0 bridgehead atoms. The van der Waals surface area contributed by atoms with Crippen molar-refractivity contribution >= 4 is 5.69 Å². The molecule has 1 N–H and O–H groups in total. The lowest BCUT2D eigenvalue weighted by Gasteiger charge is -2.21. The van der Waals surface area contributed by atoms with Crippen molar-refractivity contribution in [1.29, 1.82) is 0 Å². The number of benzene rings is 2. The lowest BCUT2D eigenvalue weighted by molar-refractivity contribution is 0.873. The predicted molar refractivity (Wildman–Crippen MR) is 88.5 cm³/mol. The van der Waals surface area contributed by atoms with E-state index in [1.807, 2.05) is 0 Å². The monoisotopic (exact) mass is 267 g/mol. The van der Waals surface area contributed by atoms with Gasteiger partial charge in [-0.3, -0.25) is 0 Å². The quantitative estimate of drug-likeness (QED) is 0.787. The molecule has 0 spiro atoms. The van der Waals surface area contributed by atoms with E-state index in [0.29, 0.717) is 6.04 Å². The molecule has 2 aromatic carbocycles. The topological polar surface area (TPSA) is 12.0 Å². The largest absolute Gasteiger partial charge is 0.378 e. The molecule has 1 heteroatoms. The van der Waals surface area contributed by atoms with Crippen LogP contribution >= 0.6 is 0 Å². The minimum atomic E-state index is 0.319. The van der Waals surface area contributed by atoms with Crippen molar-refractivity contribution in [2.75, 3.05) is 5.32 Å². The van der Waals surface area contributed by atoms with Gasteiger partial charge in [0.05, 0.1) is 0 Å². The minimum Gasteiger partial charge on any atom is -0.378 e. The smallest absolute Gasteiger partial charge is 0.0486 e. The van der Waals surface area contributed by atoms with Gasteiger partial charge in [0.1, 0.15) is 0 Å². The molecule has 0 radical (unpaired) electrons. The zero-order valence-electron chi connectivity index (χ0n) is 13.2. The summed E-state index contributed by atoms with van der Waals surface area (Å²) in [6.45, 7) is 10.9. The van der Waals surface area contributed by atoms with Crippen LogP contribution in [0.5, 0.6) is 0 Å². The minimum absolute atomic E-state index is 0.319. The van der Waals surface area contributed by atoms with Gasteiger partial charge in [0, 0.05) is 11.7 Å². The maximum absolute atomic E-state index is 3.70. The number of para-hydroxylation sites is 1. The lowest BCUT2D eigenvalue weighted by atomic mass is 10.0. The summed E-state index contributed by atoms with van der Waals surface area (Å²) >= 11 is 0. The van der Waals surface area contributed by atoms with Crippen LogP contribution in [0.25, 0.3) is 0 Å². The first kappa shape index (κ1) is 14.6. The van der Waals surface area contributed by atoms with Gasteiger partial charge in [0.25, 0.3) is 0 Å². The standard InChI is InChI=1S/C19H25N/c1-6-17-9-7-8-15(4)19(17)20-16(5)18-11-13(2)10-14(3)12-18/h7-12,16,20H,6H2,1-5H3. The predicted octanol–water partition coefficient (Wildman–Crippen LogP) is 5.35. The van der Waals surface area contributed by atoms with E-state index >= 15 is 0 Å². The highest BCUT2D eigenvalue weighted by atomic mass is 14.9. The van der Waals surface area contributed by atoms with Gasteiger partial charge in [0.15, 0.2) is 0 Å². The number of anilines is 1. The summed E-state index contributed by atoms with van der Waals surface area (Å²) in [6.07, 6.45) is 1.06. The van der Waals surface area contributed by atoms with Crippen LogP contribution in [-0.4, -0.2) is 0 Å². The highest BCUT2D eigenvalue weighted by Gasteiger charge is 2.10. The van der Waals surface area contributed by atoms with Crippen LogP contribution in [0.15, 0.2) is 36.4 Å². The van der Waals surface area contributed by atoms with Crippen LogP contribution in [0, 0.1) is 20.8 Å². The second-order valence-electron chi connectivity index (χ2n) is 5.75. The summed E-state index contributed by atoms with van der Waals surface area (Å²) in [6, 6.07) is 13.6. The van der Waals surface area contributed by atoms with Gasteiger partial charge < -0.3 is 5.32 Å². The van der Waals surface area contributed by atoms with E-state index in [-0.39, 0.29) is 0 Å². The summed E-state index contributed by atoms with van der Waals surface area (Å²) in [5.74, 6) is 0. The summed E-state index contributed by atoms with van der Waals surface area (Å²) in [4.78, 5) is 0. The van der Waals surface area contributed by atoms with Crippen LogP contribution in [0.2, 0.25) is 0 Å². The molecule has 0 fully saturated rings. The molecular weight excluding hydrogens is 242 g/mol. The molecule has 20 heavy (non-hydrogen) atoms. The van der Waals surface area contributed by atoms with Gasteiger partial charge in [0.2, 0.25) is 0 Å². The van der Waals surface area contributed by atoms with Crippen molar-refractivity contribution in [3.8, 4) is 0 Å². The Hall–Kier alpha value is -1.76. The third-order valence-corrected chi connectivity index (χ3v) is 3.84. The highest BCUT2D eigenvalue weighted by molar-refractivity contribution is 5.58. The molecule has 1 nitrogen and oxygen atoms in total. The van der Waals surface area contributed by atoms with Gasteiger partial charge in [-0.05, 0) is 50.8 Å². The Morgan fingerprint density at radius 3 is 2.25 bits per heavy atom. The molecule has 0 aromatic heterocycles. The average Bonchev–Trinajstić information content (AvgIpc) is 2.39. The maximum atomic E-state index is 3.70. The molecule has 0 saturated carbocycles. The number of hydrogen-bond acceptors (Lipinski definition) is 1. The summed E-state index contributed by atoms with van der Waals surface area (Å²) in [5.41, 5.74) is 8.01. The van der Waals surface area contributed by atoms with Crippen molar-refractivity contribution in [1.82, 2.24) is 0 Å². The van der Waals surface area contributed by atoms with E-state index in [1.165, 1.54) is 33.5 Å². The Morgan fingerprint density at radius 2 is 1.65 bits per heavy atom. The zero-order chi connectivity index (χ0) is 14.7. The number of hydrogen-bond donors (Lipinski definition) is 1. The first-order valence-electron chi connectivity index (χ1n) is 7.44. The van der Waals surface area contributed by atoms with E-state index in [9.17, 15) is 0 Å². The number of aryl methyl sites for hydroxylation is 4. The van der Waals surface area contributed by atoms with E-state index in [4.69, 9.17) is 0 Å². The van der Waals surface area contributed by atoms with Crippen LogP contribution < -0.4 is 5.32 Å². The Bertz CT molecular complexity index is 578. The van der Waals surface area contributed by atoms with E-state index in [1.54, 1.807) is 0 Å².